The van der Waals surface area contributed by atoms with E-state index in [2.05, 4.69) is 49.8 Å². The Morgan fingerprint density at radius 1 is 0.952 bits per heavy atom. The summed E-state index contributed by atoms with van der Waals surface area (Å²) in [6.45, 7) is 9.59. The molecule has 2 fully saturated rings. The number of aromatic nitrogens is 1. The molecule has 0 bridgehead atoms. The molecule has 0 atom stereocenters. The topological polar surface area (TPSA) is 19.0 Å². The molecular formula is C19H32N2. The molecule has 3 rings (SSSR count). The van der Waals surface area contributed by atoms with Crippen molar-refractivity contribution in [2.45, 2.75) is 96.1 Å². The maximum atomic E-state index is 3.61. The second kappa shape index (κ2) is 5.37. The number of nitrogens with zero attached hydrogens (tertiary/aromatic N) is 1. The van der Waals surface area contributed by atoms with Crippen LogP contribution < -0.4 is 4.90 Å². The second-order valence-electron chi connectivity index (χ2n) is 8.47. The average Bonchev–Trinajstić information content (AvgIpc) is 2.86. The minimum Gasteiger partial charge on any atom is -0.348 e. The number of H-pyrrole nitrogens is 1. The van der Waals surface area contributed by atoms with Crippen LogP contribution in [0.4, 0.5) is 5.82 Å². The summed E-state index contributed by atoms with van der Waals surface area (Å²) in [6.07, 6.45) is 13.2. The lowest BCUT2D eigenvalue weighted by Gasteiger charge is -2.53. The van der Waals surface area contributed by atoms with Gasteiger partial charge in [-0.05, 0) is 77.3 Å². The van der Waals surface area contributed by atoms with Gasteiger partial charge in [0.1, 0.15) is 5.82 Å². The Balaban J connectivity index is 1.86. The van der Waals surface area contributed by atoms with Crippen LogP contribution in [-0.2, 0) is 0 Å². The molecule has 1 saturated carbocycles. The first-order chi connectivity index (χ1) is 9.90. The van der Waals surface area contributed by atoms with Crippen LogP contribution in [0.2, 0.25) is 0 Å². The first-order valence-corrected chi connectivity index (χ1v) is 8.89. The lowest BCUT2D eigenvalue weighted by atomic mass is 9.79. The number of hydrogen-bond donors (Lipinski definition) is 1. The van der Waals surface area contributed by atoms with E-state index in [1.54, 1.807) is 5.56 Å². The Labute approximate surface area is 130 Å². The molecule has 1 aromatic heterocycles. The molecule has 2 nitrogen and oxygen atoms in total. The molecule has 21 heavy (non-hydrogen) atoms. The third-order valence-corrected chi connectivity index (χ3v) is 5.80. The molecule has 0 amide bonds. The minimum absolute atomic E-state index is 0.246. The van der Waals surface area contributed by atoms with Gasteiger partial charge < -0.3 is 9.88 Å². The average molecular weight is 288 g/mol. The van der Waals surface area contributed by atoms with Crippen LogP contribution in [0.5, 0.6) is 0 Å². The van der Waals surface area contributed by atoms with Crippen molar-refractivity contribution in [2.24, 2.45) is 0 Å². The number of hydrogen-bond acceptors (Lipinski definition) is 1. The quantitative estimate of drug-likeness (QED) is 0.749. The maximum absolute atomic E-state index is 3.61. The number of anilines is 1. The van der Waals surface area contributed by atoms with Gasteiger partial charge in [-0.1, -0.05) is 19.3 Å². The smallest absolute Gasteiger partial charge is 0.106 e. The third kappa shape index (κ3) is 2.86. The summed E-state index contributed by atoms with van der Waals surface area (Å²) in [5, 5.41) is 0. The van der Waals surface area contributed by atoms with Gasteiger partial charge in [0, 0.05) is 17.3 Å². The molecule has 1 saturated heterocycles. The molecule has 0 aromatic carbocycles. The van der Waals surface area contributed by atoms with Gasteiger partial charge in [0.05, 0.1) is 0 Å². The molecule has 2 aliphatic rings. The zero-order valence-corrected chi connectivity index (χ0v) is 14.3. The molecule has 1 N–H and O–H groups in total. The van der Waals surface area contributed by atoms with Gasteiger partial charge in [0.25, 0.3) is 0 Å². The fourth-order valence-corrected chi connectivity index (χ4v) is 4.85. The summed E-state index contributed by atoms with van der Waals surface area (Å²) in [4.78, 5) is 6.26. The van der Waals surface area contributed by atoms with Gasteiger partial charge in [-0.3, -0.25) is 0 Å². The van der Waals surface area contributed by atoms with Gasteiger partial charge in [-0.2, -0.15) is 0 Å². The van der Waals surface area contributed by atoms with E-state index in [-0.39, 0.29) is 11.1 Å². The number of aromatic amines is 1. The summed E-state index contributed by atoms with van der Waals surface area (Å²) in [5.41, 5.74) is 2.04. The van der Waals surface area contributed by atoms with Crippen molar-refractivity contribution in [1.82, 2.24) is 4.98 Å². The number of rotatable bonds is 2. The van der Waals surface area contributed by atoms with Crippen LogP contribution in [0.1, 0.15) is 90.5 Å². The first-order valence-electron chi connectivity index (χ1n) is 8.89. The van der Waals surface area contributed by atoms with Crippen molar-refractivity contribution < 1.29 is 0 Å². The Bertz CT molecular complexity index is 462. The van der Waals surface area contributed by atoms with Crippen LogP contribution in [0.25, 0.3) is 0 Å². The fourth-order valence-electron chi connectivity index (χ4n) is 4.85. The highest BCUT2D eigenvalue weighted by Gasteiger charge is 2.42. The van der Waals surface area contributed by atoms with Gasteiger partial charge in [-0.25, -0.2) is 0 Å². The Morgan fingerprint density at radius 2 is 1.57 bits per heavy atom. The Morgan fingerprint density at radius 3 is 2.19 bits per heavy atom. The van der Waals surface area contributed by atoms with Crippen LogP contribution in [0.3, 0.4) is 0 Å². The largest absolute Gasteiger partial charge is 0.348 e. The fraction of sp³-hybridized carbons (Fsp3) is 0.789. The molecule has 1 aromatic rings. The van der Waals surface area contributed by atoms with Crippen molar-refractivity contribution >= 4 is 5.82 Å². The highest BCUT2D eigenvalue weighted by Crippen LogP contribution is 2.43. The van der Waals surface area contributed by atoms with E-state index < -0.39 is 0 Å². The molecule has 0 radical (unpaired) electrons. The number of piperidine rings is 1. The van der Waals surface area contributed by atoms with Crippen molar-refractivity contribution in [2.75, 3.05) is 4.90 Å². The molecule has 1 aliphatic carbocycles. The maximum Gasteiger partial charge on any atom is 0.106 e. The summed E-state index contributed by atoms with van der Waals surface area (Å²) in [5.74, 6) is 2.13. The molecule has 2 heteroatoms. The summed E-state index contributed by atoms with van der Waals surface area (Å²) in [6, 6.07) is 2.45. The Kier molecular flexibility index (Phi) is 3.83. The highest BCUT2D eigenvalue weighted by atomic mass is 15.3. The van der Waals surface area contributed by atoms with E-state index in [4.69, 9.17) is 0 Å². The summed E-state index contributed by atoms with van der Waals surface area (Å²) < 4.78 is 0. The van der Waals surface area contributed by atoms with Crippen LogP contribution in [-0.4, -0.2) is 16.1 Å². The molecule has 0 unspecified atom stereocenters. The van der Waals surface area contributed by atoms with Crippen LogP contribution in [0, 0.1) is 0 Å². The minimum atomic E-state index is 0.246. The van der Waals surface area contributed by atoms with E-state index in [1.165, 1.54) is 57.2 Å². The molecular weight excluding hydrogens is 256 g/mol. The van der Waals surface area contributed by atoms with E-state index >= 15 is 0 Å². The third-order valence-electron chi connectivity index (χ3n) is 5.80. The zero-order chi connectivity index (χ0) is 15.1. The van der Waals surface area contributed by atoms with Gasteiger partial charge in [-0.15, -0.1) is 0 Å². The predicted octanol–water partition coefficient (Wildman–Crippen LogP) is 5.61. The SMILES string of the molecule is CC1(C)CCCC(C)(C)N1c1cc(C2CCCCC2)c[nH]1. The van der Waals surface area contributed by atoms with E-state index in [1.807, 2.05) is 0 Å². The van der Waals surface area contributed by atoms with Gasteiger partial charge >= 0.3 is 0 Å². The van der Waals surface area contributed by atoms with E-state index in [0.29, 0.717) is 0 Å². The zero-order valence-electron chi connectivity index (χ0n) is 14.3. The molecule has 118 valence electrons. The van der Waals surface area contributed by atoms with Crippen LogP contribution in [0.15, 0.2) is 12.3 Å². The first kappa shape index (κ1) is 15.0. The normalized spacial score (nSPS) is 26.0. The van der Waals surface area contributed by atoms with Crippen LogP contribution >= 0.6 is 0 Å². The standard InChI is InChI=1S/C19H32N2/c1-18(2)11-8-12-19(3,4)21(18)17-13-16(14-20-17)15-9-6-5-7-10-15/h13-15,20H,5-12H2,1-4H3. The lowest BCUT2D eigenvalue weighted by Crippen LogP contribution is -2.59. The molecule has 0 spiro atoms. The highest BCUT2D eigenvalue weighted by molar-refractivity contribution is 5.49. The van der Waals surface area contributed by atoms with Crippen molar-refractivity contribution in [3.05, 3.63) is 17.8 Å². The van der Waals surface area contributed by atoms with Crippen molar-refractivity contribution in [1.29, 1.82) is 0 Å². The molecule has 2 heterocycles. The summed E-state index contributed by atoms with van der Waals surface area (Å²) in [7, 11) is 0. The van der Waals surface area contributed by atoms with E-state index in [0.717, 1.165) is 5.92 Å². The second-order valence-corrected chi connectivity index (χ2v) is 8.47. The van der Waals surface area contributed by atoms with Crippen molar-refractivity contribution in [3.8, 4) is 0 Å². The molecule has 1 aliphatic heterocycles. The number of nitrogens with one attached hydrogen (secondary N) is 1. The van der Waals surface area contributed by atoms with E-state index in [9.17, 15) is 0 Å². The van der Waals surface area contributed by atoms with Crippen molar-refractivity contribution in [3.63, 3.8) is 0 Å². The van der Waals surface area contributed by atoms with Gasteiger partial charge in [0.15, 0.2) is 0 Å². The Hall–Kier alpha value is -0.920. The monoisotopic (exact) mass is 288 g/mol. The predicted molar refractivity (Wildman–Crippen MR) is 91.1 cm³/mol. The van der Waals surface area contributed by atoms with Gasteiger partial charge in [0.2, 0.25) is 0 Å². The lowest BCUT2D eigenvalue weighted by molar-refractivity contribution is 0.242. The summed E-state index contributed by atoms with van der Waals surface area (Å²) >= 11 is 0.